The van der Waals surface area contributed by atoms with E-state index in [1.165, 1.54) is 35.5 Å². The van der Waals surface area contributed by atoms with Crippen molar-refractivity contribution in [2.24, 2.45) is 7.05 Å². The summed E-state index contributed by atoms with van der Waals surface area (Å²) in [4.78, 5) is 33.9. The lowest BCUT2D eigenvalue weighted by molar-refractivity contribution is 0.388. The van der Waals surface area contributed by atoms with Gasteiger partial charge in [-0.15, -0.1) is 0 Å². The molecule has 0 saturated carbocycles. The molecule has 38 heavy (non-hydrogen) atoms. The fourth-order valence-electron chi connectivity index (χ4n) is 4.93. The lowest BCUT2D eigenvalue weighted by Gasteiger charge is -2.15. The van der Waals surface area contributed by atoms with Crippen LogP contribution in [0.15, 0.2) is 86.8 Å². The Balaban J connectivity index is 1.50. The zero-order valence-corrected chi connectivity index (χ0v) is 21.8. The molecular weight excluding hydrogens is 505 g/mol. The molecule has 5 aromatic rings. The van der Waals surface area contributed by atoms with Crippen molar-refractivity contribution >= 4 is 22.8 Å². The number of aromatic nitrogens is 6. The molecule has 0 aliphatic carbocycles. The molecule has 1 aliphatic rings. The summed E-state index contributed by atoms with van der Waals surface area (Å²) in [6, 6.07) is 14.1. The summed E-state index contributed by atoms with van der Waals surface area (Å²) in [6.07, 6.45) is 6.14. The van der Waals surface area contributed by atoms with Crippen LogP contribution >= 0.6 is 11.8 Å². The standard InChI is InChI=1S/C27H26FN7O2S/c1-31-13-11-21(16-31)35-24-23(25(36)32(2)27(35)37)26(38-22-9-5-19(28)6-10-22)34(30-24)15-18-3-7-20(8-4-18)33-14-12-29-17-33/h3-10,12,14,17,21H,11,13,15-16H2,1-2H3. The molecule has 11 heteroatoms. The summed E-state index contributed by atoms with van der Waals surface area (Å²) in [6.45, 7) is 1.96. The van der Waals surface area contributed by atoms with Crippen molar-refractivity contribution in [3.63, 3.8) is 0 Å². The summed E-state index contributed by atoms with van der Waals surface area (Å²) in [5.74, 6) is -0.333. The number of likely N-dealkylation sites (N-methyl/N-ethyl adjacent to an activating group) is 1. The van der Waals surface area contributed by atoms with Crippen molar-refractivity contribution in [3.8, 4) is 5.69 Å². The van der Waals surface area contributed by atoms with E-state index >= 15 is 0 Å². The first-order valence-electron chi connectivity index (χ1n) is 12.3. The van der Waals surface area contributed by atoms with Gasteiger partial charge in [-0.05, 0) is 62.0 Å². The smallest absolute Gasteiger partial charge is 0.306 e. The van der Waals surface area contributed by atoms with Gasteiger partial charge in [-0.2, -0.15) is 5.10 Å². The molecule has 9 nitrogen and oxygen atoms in total. The zero-order valence-electron chi connectivity index (χ0n) is 21.0. The van der Waals surface area contributed by atoms with Gasteiger partial charge in [0.05, 0.1) is 18.9 Å². The molecule has 1 aliphatic heterocycles. The van der Waals surface area contributed by atoms with E-state index in [0.29, 0.717) is 29.1 Å². The normalized spacial score (nSPS) is 16.0. The van der Waals surface area contributed by atoms with Crippen LogP contribution in [0.3, 0.4) is 0 Å². The largest absolute Gasteiger partial charge is 0.332 e. The van der Waals surface area contributed by atoms with Crippen LogP contribution in [-0.4, -0.2) is 53.5 Å². The Bertz CT molecular complexity index is 1720. The van der Waals surface area contributed by atoms with E-state index in [-0.39, 0.29) is 23.1 Å². The predicted molar refractivity (Wildman–Crippen MR) is 144 cm³/mol. The molecule has 3 aromatic heterocycles. The highest BCUT2D eigenvalue weighted by molar-refractivity contribution is 7.99. The summed E-state index contributed by atoms with van der Waals surface area (Å²) in [7, 11) is 3.53. The molecule has 1 saturated heterocycles. The number of hydrogen-bond donors (Lipinski definition) is 0. The average molecular weight is 532 g/mol. The van der Waals surface area contributed by atoms with Gasteiger partial charge in [0.25, 0.3) is 5.56 Å². The first-order valence-corrected chi connectivity index (χ1v) is 13.1. The highest BCUT2D eigenvalue weighted by atomic mass is 32.2. The van der Waals surface area contributed by atoms with Gasteiger partial charge in [0.15, 0.2) is 5.65 Å². The summed E-state index contributed by atoms with van der Waals surface area (Å²) < 4.78 is 20.2. The maximum Gasteiger partial charge on any atom is 0.332 e. The number of rotatable bonds is 6. The third kappa shape index (κ3) is 4.37. The van der Waals surface area contributed by atoms with Gasteiger partial charge in [-0.25, -0.2) is 14.2 Å². The van der Waals surface area contributed by atoms with Crippen LogP contribution in [0.2, 0.25) is 0 Å². The SMILES string of the molecule is CN1CCC(n2c(=O)n(C)c(=O)c3c(Sc4ccc(F)cc4)n(Cc4ccc(-n5ccnc5)cc4)nc32)C1. The molecule has 6 rings (SSSR count). The number of nitrogens with zero attached hydrogens (tertiary/aromatic N) is 7. The van der Waals surface area contributed by atoms with Gasteiger partial charge >= 0.3 is 5.69 Å². The summed E-state index contributed by atoms with van der Waals surface area (Å²) in [5, 5.41) is 5.88. The van der Waals surface area contributed by atoms with Crippen molar-refractivity contribution in [1.29, 1.82) is 0 Å². The van der Waals surface area contributed by atoms with Gasteiger partial charge in [-0.1, -0.05) is 23.9 Å². The lowest BCUT2D eigenvalue weighted by Crippen LogP contribution is -2.40. The average Bonchev–Trinajstić information content (AvgIpc) is 3.67. The molecule has 194 valence electrons. The molecule has 1 fully saturated rings. The van der Waals surface area contributed by atoms with Crippen molar-refractivity contribution in [1.82, 2.24) is 33.4 Å². The minimum absolute atomic E-state index is 0.0803. The predicted octanol–water partition coefficient (Wildman–Crippen LogP) is 3.30. The van der Waals surface area contributed by atoms with Crippen LogP contribution in [0.25, 0.3) is 16.7 Å². The lowest BCUT2D eigenvalue weighted by atomic mass is 10.2. The quantitative estimate of drug-likeness (QED) is 0.335. The second kappa shape index (κ2) is 9.73. The topological polar surface area (TPSA) is 82.9 Å². The van der Waals surface area contributed by atoms with E-state index in [9.17, 15) is 14.0 Å². The molecule has 1 atom stereocenters. The van der Waals surface area contributed by atoms with Crippen LogP contribution in [0.1, 0.15) is 18.0 Å². The van der Waals surface area contributed by atoms with Crippen LogP contribution in [0.4, 0.5) is 4.39 Å². The molecule has 0 radical (unpaired) electrons. The maximum atomic E-state index is 13.6. The number of hydrogen-bond acceptors (Lipinski definition) is 6. The first-order chi connectivity index (χ1) is 18.4. The van der Waals surface area contributed by atoms with Gasteiger partial charge in [-0.3, -0.25) is 18.6 Å². The highest BCUT2D eigenvalue weighted by Crippen LogP contribution is 2.34. The number of imidazole rings is 1. The Labute approximate surface area is 221 Å². The van der Waals surface area contributed by atoms with E-state index in [0.717, 1.165) is 29.1 Å². The number of fused-ring (bicyclic) bond motifs is 1. The third-order valence-corrected chi connectivity index (χ3v) is 8.07. The Morgan fingerprint density at radius 1 is 1.05 bits per heavy atom. The Morgan fingerprint density at radius 2 is 1.82 bits per heavy atom. The minimum Gasteiger partial charge on any atom is -0.306 e. The molecule has 0 amide bonds. The molecule has 2 aromatic carbocycles. The Hall–Kier alpha value is -3.96. The van der Waals surface area contributed by atoms with E-state index in [4.69, 9.17) is 5.10 Å². The van der Waals surface area contributed by atoms with Crippen molar-refractivity contribution in [2.75, 3.05) is 20.1 Å². The van der Waals surface area contributed by atoms with Crippen LogP contribution in [0.5, 0.6) is 0 Å². The van der Waals surface area contributed by atoms with E-state index < -0.39 is 0 Å². The fourth-order valence-corrected chi connectivity index (χ4v) is 5.92. The van der Waals surface area contributed by atoms with Crippen molar-refractivity contribution < 1.29 is 4.39 Å². The second-order valence-electron chi connectivity index (χ2n) is 9.58. The minimum atomic E-state index is -0.390. The van der Waals surface area contributed by atoms with Crippen LogP contribution < -0.4 is 11.2 Å². The van der Waals surface area contributed by atoms with Crippen LogP contribution in [-0.2, 0) is 13.6 Å². The zero-order chi connectivity index (χ0) is 26.4. The van der Waals surface area contributed by atoms with Gasteiger partial charge in [0, 0.05) is 36.6 Å². The molecule has 1 unspecified atom stereocenters. The van der Waals surface area contributed by atoms with Crippen molar-refractivity contribution in [3.05, 3.63) is 99.5 Å². The maximum absolute atomic E-state index is 13.6. The van der Waals surface area contributed by atoms with Crippen LogP contribution in [0, 0.1) is 5.82 Å². The van der Waals surface area contributed by atoms with E-state index in [1.54, 1.807) is 33.9 Å². The number of likely N-dealkylation sites (tertiary alicyclic amines) is 1. The Kier molecular flexibility index (Phi) is 6.24. The monoisotopic (exact) mass is 531 g/mol. The Morgan fingerprint density at radius 3 is 2.47 bits per heavy atom. The van der Waals surface area contributed by atoms with E-state index in [2.05, 4.69) is 9.88 Å². The molecule has 0 bridgehead atoms. The number of benzene rings is 2. The number of halogens is 1. The molecule has 0 spiro atoms. The fraction of sp³-hybridized carbons (Fsp3) is 0.259. The van der Waals surface area contributed by atoms with Crippen molar-refractivity contribution in [2.45, 2.75) is 28.9 Å². The molecular formula is C27H26FN7O2S. The van der Waals surface area contributed by atoms with Gasteiger partial charge in [0.1, 0.15) is 16.2 Å². The summed E-state index contributed by atoms with van der Waals surface area (Å²) >= 11 is 1.34. The summed E-state index contributed by atoms with van der Waals surface area (Å²) in [5.41, 5.74) is 1.59. The third-order valence-electron chi connectivity index (χ3n) is 6.96. The van der Waals surface area contributed by atoms with Gasteiger partial charge in [0.2, 0.25) is 0 Å². The molecule has 0 N–H and O–H groups in total. The first kappa shape index (κ1) is 24.4. The van der Waals surface area contributed by atoms with E-state index in [1.807, 2.05) is 42.1 Å². The molecule has 4 heterocycles. The second-order valence-corrected chi connectivity index (χ2v) is 10.6. The van der Waals surface area contributed by atoms with Gasteiger partial charge < -0.3 is 9.47 Å². The highest BCUT2D eigenvalue weighted by Gasteiger charge is 2.29.